The van der Waals surface area contributed by atoms with Crippen LogP contribution in [-0.4, -0.2) is 54.8 Å². The fraction of sp³-hybridized carbons (Fsp3) is 0.316. The number of nitrogens with two attached hydrogens (primary N) is 1. The Morgan fingerprint density at radius 1 is 1.33 bits per heavy atom. The summed E-state index contributed by atoms with van der Waals surface area (Å²) in [4.78, 5) is 34.7. The number of amides is 2. The van der Waals surface area contributed by atoms with E-state index in [0.717, 1.165) is 4.88 Å². The van der Waals surface area contributed by atoms with Crippen LogP contribution < -0.4 is 10.5 Å². The minimum atomic E-state index is -0.816. The number of guanidine groups is 1. The van der Waals surface area contributed by atoms with Gasteiger partial charge in [0.2, 0.25) is 5.91 Å². The van der Waals surface area contributed by atoms with E-state index >= 15 is 0 Å². The predicted molar refractivity (Wildman–Crippen MR) is 103 cm³/mol. The minimum Gasteiger partial charge on any atom is -0.497 e. The lowest BCUT2D eigenvalue weighted by atomic mass is 9.84. The first-order chi connectivity index (χ1) is 13.0. The van der Waals surface area contributed by atoms with Crippen LogP contribution in [0.15, 0.2) is 46.8 Å². The Balaban J connectivity index is 1.71. The molecular weight excluding hydrogens is 364 g/mol. The Morgan fingerprint density at radius 2 is 2.07 bits per heavy atom. The molecule has 0 radical (unpaired) electrons. The van der Waals surface area contributed by atoms with Gasteiger partial charge in [-0.25, -0.2) is 4.99 Å². The van der Waals surface area contributed by atoms with Crippen molar-refractivity contribution in [3.63, 3.8) is 0 Å². The highest BCUT2D eigenvalue weighted by molar-refractivity contribution is 7.10. The Kier molecular flexibility index (Phi) is 4.15. The van der Waals surface area contributed by atoms with Crippen LogP contribution in [0.3, 0.4) is 0 Å². The topological polar surface area (TPSA) is 88.2 Å². The van der Waals surface area contributed by atoms with Gasteiger partial charge in [-0.1, -0.05) is 6.07 Å². The maximum atomic E-state index is 13.1. The van der Waals surface area contributed by atoms with Gasteiger partial charge in [0.15, 0.2) is 5.96 Å². The monoisotopic (exact) mass is 384 g/mol. The SMILES string of the molecule is COc1ccc(C(=O)N2CC3C(=O)N(C)C(N)=NC3(c3cccs3)C2)cc1. The van der Waals surface area contributed by atoms with E-state index in [1.54, 1.807) is 43.3 Å². The molecule has 1 aromatic heterocycles. The molecule has 2 amide bonds. The van der Waals surface area contributed by atoms with Gasteiger partial charge >= 0.3 is 0 Å². The van der Waals surface area contributed by atoms with Gasteiger partial charge in [-0.3, -0.25) is 14.5 Å². The van der Waals surface area contributed by atoms with E-state index in [4.69, 9.17) is 15.5 Å². The van der Waals surface area contributed by atoms with Crippen molar-refractivity contribution in [1.82, 2.24) is 9.80 Å². The number of benzene rings is 1. The summed E-state index contributed by atoms with van der Waals surface area (Å²) in [6.07, 6.45) is 0. The van der Waals surface area contributed by atoms with Gasteiger partial charge in [-0.05, 0) is 35.7 Å². The summed E-state index contributed by atoms with van der Waals surface area (Å²) in [6.45, 7) is 0.631. The Morgan fingerprint density at radius 3 is 2.70 bits per heavy atom. The van der Waals surface area contributed by atoms with Crippen molar-refractivity contribution in [2.45, 2.75) is 5.54 Å². The van der Waals surface area contributed by atoms with Crippen molar-refractivity contribution in [2.24, 2.45) is 16.6 Å². The van der Waals surface area contributed by atoms with Crippen molar-refractivity contribution >= 4 is 29.1 Å². The molecule has 0 bridgehead atoms. The molecule has 1 aromatic carbocycles. The van der Waals surface area contributed by atoms with Gasteiger partial charge in [-0.15, -0.1) is 11.3 Å². The molecule has 2 N–H and O–H groups in total. The number of aliphatic imine (C=N–C) groups is 1. The van der Waals surface area contributed by atoms with E-state index < -0.39 is 11.5 Å². The van der Waals surface area contributed by atoms with Crippen LogP contribution in [-0.2, 0) is 10.3 Å². The molecule has 0 spiro atoms. The zero-order valence-electron chi connectivity index (χ0n) is 15.1. The van der Waals surface area contributed by atoms with E-state index in [0.29, 0.717) is 24.4 Å². The predicted octanol–water partition coefficient (Wildman–Crippen LogP) is 1.51. The number of ether oxygens (including phenoxy) is 1. The number of carbonyl (C=O) groups is 2. The summed E-state index contributed by atoms with van der Waals surface area (Å²) in [7, 11) is 3.20. The van der Waals surface area contributed by atoms with Gasteiger partial charge in [0, 0.05) is 24.0 Å². The molecule has 4 rings (SSSR count). The first kappa shape index (κ1) is 17.5. The van der Waals surface area contributed by atoms with Crippen molar-refractivity contribution in [3.05, 3.63) is 52.2 Å². The fourth-order valence-corrected chi connectivity index (χ4v) is 4.68. The van der Waals surface area contributed by atoms with Gasteiger partial charge in [-0.2, -0.15) is 0 Å². The summed E-state index contributed by atoms with van der Waals surface area (Å²) >= 11 is 1.53. The number of fused-ring (bicyclic) bond motifs is 1. The highest BCUT2D eigenvalue weighted by atomic mass is 32.1. The maximum absolute atomic E-state index is 13.1. The molecule has 2 aromatic rings. The third-order valence-corrected chi connectivity index (χ3v) is 6.31. The summed E-state index contributed by atoms with van der Waals surface area (Å²) in [5, 5.41) is 1.95. The van der Waals surface area contributed by atoms with Crippen LogP contribution >= 0.6 is 11.3 Å². The first-order valence-corrected chi connectivity index (χ1v) is 9.44. The number of carbonyl (C=O) groups excluding carboxylic acids is 2. The molecule has 2 aliphatic rings. The van der Waals surface area contributed by atoms with Crippen LogP contribution in [0.1, 0.15) is 15.2 Å². The third-order valence-electron chi connectivity index (χ3n) is 5.27. The van der Waals surface area contributed by atoms with E-state index in [1.165, 1.54) is 16.2 Å². The highest BCUT2D eigenvalue weighted by Crippen LogP contribution is 2.45. The average Bonchev–Trinajstić information content (AvgIpc) is 3.34. The largest absolute Gasteiger partial charge is 0.497 e. The van der Waals surface area contributed by atoms with Crippen molar-refractivity contribution < 1.29 is 14.3 Å². The van der Waals surface area contributed by atoms with Gasteiger partial charge in [0.25, 0.3) is 5.91 Å². The molecule has 2 atom stereocenters. The molecule has 1 saturated heterocycles. The van der Waals surface area contributed by atoms with E-state index in [1.807, 2.05) is 17.5 Å². The normalized spacial score (nSPS) is 24.6. The van der Waals surface area contributed by atoms with Crippen molar-refractivity contribution in [2.75, 3.05) is 27.2 Å². The summed E-state index contributed by atoms with van der Waals surface area (Å²) in [6, 6.07) is 10.8. The smallest absolute Gasteiger partial charge is 0.253 e. The van der Waals surface area contributed by atoms with E-state index in [-0.39, 0.29) is 17.8 Å². The first-order valence-electron chi connectivity index (χ1n) is 8.56. The molecule has 7 nitrogen and oxygen atoms in total. The molecule has 8 heteroatoms. The lowest BCUT2D eigenvalue weighted by Crippen LogP contribution is -2.54. The number of nitrogens with zero attached hydrogens (tertiary/aromatic N) is 3. The molecule has 27 heavy (non-hydrogen) atoms. The molecule has 2 unspecified atom stereocenters. The molecule has 0 saturated carbocycles. The lowest BCUT2D eigenvalue weighted by Gasteiger charge is -2.36. The third kappa shape index (κ3) is 2.68. The number of rotatable bonds is 3. The molecule has 3 heterocycles. The summed E-state index contributed by atoms with van der Waals surface area (Å²) < 4.78 is 5.15. The molecule has 2 aliphatic heterocycles. The van der Waals surface area contributed by atoms with Crippen molar-refractivity contribution in [1.29, 1.82) is 0 Å². The number of thiophene rings is 1. The maximum Gasteiger partial charge on any atom is 0.253 e. The van der Waals surface area contributed by atoms with Crippen LogP contribution in [0.25, 0.3) is 0 Å². The number of likely N-dealkylation sites (tertiary alicyclic amines) is 1. The van der Waals surface area contributed by atoms with Gasteiger partial charge in [0.1, 0.15) is 11.3 Å². The van der Waals surface area contributed by atoms with Crippen LogP contribution in [0.4, 0.5) is 0 Å². The van der Waals surface area contributed by atoms with Crippen LogP contribution in [0.5, 0.6) is 5.75 Å². The zero-order valence-corrected chi connectivity index (χ0v) is 15.9. The number of hydrogen-bond donors (Lipinski definition) is 1. The Labute approximate surface area is 161 Å². The average molecular weight is 384 g/mol. The minimum absolute atomic E-state index is 0.110. The highest BCUT2D eigenvalue weighted by Gasteiger charge is 2.56. The van der Waals surface area contributed by atoms with Gasteiger partial charge in [0.05, 0.1) is 19.6 Å². The van der Waals surface area contributed by atoms with Gasteiger partial charge < -0.3 is 15.4 Å². The fourth-order valence-electron chi connectivity index (χ4n) is 3.76. The van der Waals surface area contributed by atoms with Crippen LogP contribution in [0.2, 0.25) is 0 Å². The molecule has 140 valence electrons. The Hall–Kier alpha value is -2.87. The quantitative estimate of drug-likeness (QED) is 0.869. The second-order valence-electron chi connectivity index (χ2n) is 6.74. The number of hydrogen-bond acceptors (Lipinski definition) is 6. The molecular formula is C19H20N4O3S. The second kappa shape index (κ2) is 6.38. The molecule has 1 fully saturated rings. The van der Waals surface area contributed by atoms with E-state index in [2.05, 4.69) is 0 Å². The number of methoxy groups -OCH3 is 1. The lowest BCUT2D eigenvalue weighted by molar-refractivity contribution is -0.132. The molecule has 0 aliphatic carbocycles. The Bertz CT molecular complexity index is 910. The summed E-state index contributed by atoms with van der Waals surface area (Å²) in [5.74, 6) is 0.179. The van der Waals surface area contributed by atoms with Crippen LogP contribution in [0, 0.1) is 5.92 Å². The zero-order chi connectivity index (χ0) is 19.2. The van der Waals surface area contributed by atoms with E-state index in [9.17, 15) is 9.59 Å². The second-order valence-corrected chi connectivity index (χ2v) is 7.68. The van der Waals surface area contributed by atoms with Crippen molar-refractivity contribution in [3.8, 4) is 5.75 Å². The summed E-state index contributed by atoms with van der Waals surface area (Å²) in [5.41, 5.74) is 5.76. The standard InChI is InChI=1S/C19H20N4O3S/c1-22-17(25)14-10-23(16(24)12-5-7-13(26-2)8-6-12)11-19(14,21-18(22)20)15-4-3-9-27-15/h3-9,14H,10-11H2,1-2H3,(H2,20,21).